The Labute approximate surface area is 176 Å². The van der Waals surface area contributed by atoms with Crippen molar-refractivity contribution in [2.75, 3.05) is 18.0 Å². The van der Waals surface area contributed by atoms with Crippen molar-refractivity contribution < 1.29 is 26.8 Å². The molecular formula is C23H22F4N2O2. The Bertz CT molecular complexity index is 1090. The number of carbonyl (C=O) groups is 1. The van der Waals surface area contributed by atoms with Crippen molar-refractivity contribution in [3.8, 4) is 0 Å². The van der Waals surface area contributed by atoms with Gasteiger partial charge in [0.1, 0.15) is 17.2 Å². The van der Waals surface area contributed by atoms with Crippen molar-refractivity contribution in [1.82, 2.24) is 5.32 Å². The van der Waals surface area contributed by atoms with Gasteiger partial charge in [0, 0.05) is 30.6 Å². The minimum absolute atomic E-state index is 0.0477. The molecule has 2 atom stereocenters. The first-order valence-corrected chi connectivity index (χ1v) is 10.1. The summed E-state index contributed by atoms with van der Waals surface area (Å²) in [6.45, 7) is 2.91. The number of rotatable bonds is 5. The van der Waals surface area contributed by atoms with Crippen LogP contribution in [0.1, 0.15) is 37.1 Å². The minimum Gasteiger partial charge on any atom is -0.459 e. The maximum Gasteiger partial charge on any atom is 0.416 e. The highest BCUT2D eigenvalue weighted by Gasteiger charge is 2.32. The number of hydrogen-bond acceptors (Lipinski definition) is 3. The topological polar surface area (TPSA) is 45.5 Å². The Balaban J connectivity index is 1.34. The quantitative estimate of drug-likeness (QED) is 0.525. The van der Waals surface area contributed by atoms with Crippen molar-refractivity contribution in [3.63, 3.8) is 0 Å². The Morgan fingerprint density at radius 1 is 1.23 bits per heavy atom. The number of carbonyl (C=O) groups excluding carboxylic acids is 1. The second-order valence-electron chi connectivity index (χ2n) is 7.97. The van der Waals surface area contributed by atoms with Gasteiger partial charge >= 0.3 is 6.18 Å². The first-order valence-electron chi connectivity index (χ1n) is 10.1. The smallest absolute Gasteiger partial charge is 0.416 e. The Kier molecular flexibility index (Phi) is 5.64. The molecule has 1 saturated heterocycles. The lowest BCUT2D eigenvalue weighted by molar-refractivity contribution is -0.137. The van der Waals surface area contributed by atoms with Crippen LogP contribution in [-0.2, 0) is 11.0 Å². The third-order valence-corrected chi connectivity index (χ3v) is 5.60. The molecule has 3 aromatic rings. The molecule has 8 heteroatoms. The van der Waals surface area contributed by atoms with Gasteiger partial charge in [-0.3, -0.25) is 4.79 Å². The standard InChI is InChI=1S/C23H22F4N2O2/c1-14(21-11-16-10-18(24)5-6-20(16)31-21)28-22(30)9-15-7-8-29(13-15)19-4-2-3-17(12-19)23(25,26)27/h2-6,10-12,14-15H,7-9,13H2,1H3,(H,28,30)/t14-,15-/m1/s1. The Morgan fingerprint density at radius 3 is 2.81 bits per heavy atom. The predicted molar refractivity (Wildman–Crippen MR) is 109 cm³/mol. The monoisotopic (exact) mass is 434 g/mol. The van der Waals surface area contributed by atoms with Gasteiger partial charge in [0.2, 0.25) is 5.91 Å². The van der Waals surface area contributed by atoms with Crippen LogP contribution in [0.25, 0.3) is 11.0 Å². The second kappa shape index (κ2) is 8.24. The number of amides is 1. The second-order valence-corrected chi connectivity index (χ2v) is 7.97. The maximum absolute atomic E-state index is 13.3. The Morgan fingerprint density at radius 2 is 2.03 bits per heavy atom. The van der Waals surface area contributed by atoms with Crippen LogP contribution in [0.5, 0.6) is 0 Å². The summed E-state index contributed by atoms with van der Waals surface area (Å²) in [5.41, 5.74) is 0.386. The van der Waals surface area contributed by atoms with Crippen LogP contribution in [0.4, 0.5) is 23.2 Å². The molecule has 0 bridgehead atoms. The van der Waals surface area contributed by atoms with E-state index in [1.165, 1.54) is 18.2 Å². The average molecular weight is 434 g/mol. The van der Waals surface area contributed by atoms with E-state index >= 15 is 0 Å². The van der Waals surface area contributed by atoms with Gasteiger partial charge in [0.25, 0.3) is 0 Å². The number of benzene rings is 2. The molecule has 0 saturated carbocycles. The van der Waals surface area contributed by atoms with Gasteiger partial charge in [-0.05, 0) is 61.7 Å². The molecular weight excluding hydrogens is 412 g/mol. The van der Waals surface area contributed by atoms with Crippen molar-refractivity contribution in [2.24, 2.45) is 5.92 Å². The largest absolute Gasteiger partial charge is 0.459 e. The van der Waals surface area contributed by atoms with Gasteiger partial charge in [-0.25, -0.2) is 4.39 Å². The minimum atomic E-state index is -4.38. The van der Waals surface area contributed by atoms with E-state index < -0.39 is 11.7 Å². The van der Waals surface area contributed by atoms with Crippen LogP contribution in [0.2, 0.25) is 0 Å². The average Bonchev–Trinajstić information content (AvgIpc) is 3.34. The van der Waals surface area contributed by atoms with Crippen LogP contribution in [0, 0.1) is 11.7 Å². The van der Waals surface area contributed by atoms with Crippen LogP contribution in [-0.4, -0.2) is 19.0 Å². The highest BCUT2D eigenvalue weighted by atomic mass is 19.4. The number of fused-ring (bicyclic) bond motifs is 1. The van der Waals surface area contributed by atoms with Crippen molar-refractivity contribution in [2.45, 2.75) is 32.0 Å². The zero-order valence-electron chi connectivity index (χ0n) is 16.9. The molecule has 0 radical (unpaired) electrons. The maximum atomic E-state index is 13.3. The third-order valence-electron chi connectivity index (χ3n) is 5.60. The molecule has 1 amide bonds. The highest BCUT2D eigenvalue weighted by molar-refractivity contribution is 5.79. The lowest BCUT2D eigenvalue weighted by Crippen LogP contribution is -2.29. The molecule has 4 rings (SSSR count). The fraction of sp³-hybridized carbons (Fsp3) is 0.348. The number of nitrogens with one attached hydrogen (secondary N) is 1. The van der Waals surface area contributed by atoms with Crippen molar-refractivity contribution >= 4 is 22.6 Å². The molecule has 1 aromatic heterocycles. The van der Waals surface area contributed by atoms with Gasteiger partial charge < -0.3 is 14.6 Å². The molecule has 1 N–H and O–H groups in total. The fourth-order valence-corrected chi connectivity index (χ4v) is 3.99. The summed E-state index contributed by atoms with van der Waals surface area (Å²) in [5, 5.41) is 3.52. The number of hydrogen-bond donors (Lipinski definition) is 1. The summed E-state index contributed by atoms with van der Waals surface area (Å²) in [5.74, 6) is 0.0654. The first kappa shape index (κ1) is 21.2. The zero-order valence-corrected chi connectivity index (χ0v) is 16.9. The lowest BCUT2D eigenvalue weighted by Gasteiger charge is -2.20. The van der Waals surface area contributed by atoms with E-state index in [1.807, 2.05) is 4.90 Å². The molecule has 2 aromatic carbocycles. The Hall–Kier alpha value is -3.03. The van der Waals surface area contributed by atoms with Crippen molar-refractivity contribution in [3.05, 3.63) is 65.7 Å². The predicted octanol–water partition coefficient (Wildman–Crippen LogP) is 5.68. The normalized spacial score (nSPS) is 17.8. The van der Waals surface area contributed by atoms with E-state index in [-0.39, 0.29) is 30.1 Å². The summed E-state index contributed by atoms with van der Waals surface area (Å²) in [4.78, 5) is 14.4. The van der Waals surface area contributed by atoms with Gasteiger partial charge in [0.05, 0.1) is 11.6 Å². The molecule has 164 valence electrons. The summed E-state index contributed by atoms with van der Waals surface area (Å²) in [7, 11) is 0. The van der Waals surface area contributed by atoms with Crippen LogP contribution in [0.3, 0.4) is 0 Å². The van der Waals surface area contributed by atoms with Crippen LogP contribution in [0.15, 0.2) is 52.9 Å². The summed E-state index contributed by atoms with van der Waals surface area (Å²) in [6, 6.07) is 10.8. The first-order chi connectivity index (χ1) is 14.7. The molecule has 4 nitrogen and oxygen atoms in total. The van der Waals surface area contributed by atoms with E-state index in [0.717, 1.165) is 18.6 Å². The van der Waals surface area contributed by atoms with Gasteiger partial charge in [-0.1, -0.05) is 6.07 Å². The molecule has 1 fully saturated rings. The van der Waals surface area contributed by atoms with E-state index in [9.17, 15) is 22.4 Å². The lowest BCUT2D eigenvalue weighted by atomic mass is 10.0. The number of furan rings is 1. The molecule has 1 aliphatic rings. The zero-order chi connectivity index (χ0) is 22.2. The van der Waals surface area contributed by atoms with Crippen LogP contribution >= 0.6 is 0 Å². The third kappa shape index (κ3) is 4.84. The number of anilines is 1. The summed E-state index contributed by atoms with van der Waals surface area (Å²) >= 11 is 0. The number of alkyl halides is 3. The SMILES string of the molecule is C[C@@H](NC(=O)C[C@H]1CCN(c2cccc(C(F)(F)F)c2)C1)c1cc2cc(F)ccc2o1. The number of nitrogens with zero attached hydrogens (tertiary/aromatic N) is 1. The molecule has 31 heavy (non-hydrogen) atoms. The molecule has 0 unspecified atom stereocenters. The van der Waals surface area contributed by atoms with E-state index in [1.54, 1.807) is 25.1 Å². The molecule has 0 aliphatic carbocycles. The van der Waals surface area contributed by atoms with Gasteiger partial charge in [-0.15, -0.1) is 0 Å². The molecule has 1 aliphatic heterocycles. The molecule has 2 heterocycles. The summed E-state index contributed by atoms with van der Waals surface area (Å²) < 4.78 is 57.9. The van der Waals surface area contributed by atoms with Gasteiger partial charge in [0.15, 0.2) is 0 Å². The van der Waals surface area contributed by atoms with E-state index in [2.05, 4.69) is 5.32 Å². The van der Waals surface area contributed by atoms with Crippen molar-refractivity contribution in [1.29, 1.82) is 0 Å². The fourth-order valence-electron chi connectivity index (χ4n) is 3.99. The van der Waals surface area contributed by atoms with Gasteiger partial charge in [-0.2, -0.15) is 13.2 Å². The number of halogens is 4. The molecule has 0 spiro atoms. The highest BCUT2D eigenvalue weighted by Crippen LogP contribution is 2.33. The van der Waals surface area contributed by atoms with Crippen LogP contribution < -0.4 is 10.2 Å². The van der Waals surface area contributed by atoms with E-state index in [0.29, 0.717) is 35.5 Å². The summed E-state index contributed by atoms with van der Waals surface area (Å²) in [6.07, 6.45) is -3.38. The van der Waals surface area contributed by atoms with E-state index in [4.69, 9.17) is 4.42 Å².